The highest BCUT2D eigenvalue weighted by atomic mass is 19.1. The van der Waals surface area contributed by atoms with Gasteiger partial charge in [0.2, 0.25) is 5.91 Å². The number of halogens is 1. The minimum atomic E-state index is -0.882. The summed E-state index contributed by atoms with van der Waals surface area (Å²) in [4.78, 5) is 18.6. The first-order chi connectivity index (χ1) is 15.4. The predicted molar refractivity (Wildman–Crippen MR) is 123 cm³/mol. The number of primary amides is 1. The second-order valence-electron chi connectivity index (χ2n) is 8.72. The molecule has 4 rings (SSSR count). The summed E-state index contributed by atoms with van der Waals surface area (Å²) in [6.07, 6.45) is 1.16. The van der Waals surface area contributed by atoms with Crippen molar-refractivity contribution in [2.24, 2.45) is 5.73 Å². The van der Waals surface area contributed by atoms with E-state index in [0.717, 1.165) is 23.7 Å². The first kappa shape index (κ1) is 22.4. The fourth-order valence-corrected chi connectivity index (χ4v) is 4.68. The number of nitrogens with two attached hydrogens (primary N) is 1. The molecule has 2 aliphatic rings. The Hall–Kier alpha value is -2.84. The van der Waals surface area contributed by atoms with Gasteiger partial charge in [0.15, 0.2) is 0 Å². The molecule has 2 saturated heterocycles. The topological polar surface area (TPSA) is 82.3 Å². The number of ether oxygens (including phenoxy) is 1. The van der Waals surface area contributed by atoms with Crippen molar-refractivity contribution in [1.29, 1.82) is 0 Å². The fraction of sp³-hybridized carbons (Fsp3) is 0.458. The first-order valence-electron chi connectivity index (χ1n) is 11.0. The van der Waals surface area contributed by atoms with Gasteiger partial charge in [-0.05, 0) is 61.4 Å². The normalized spacial score (nSPS) is 21.4. The summed E-state index contributed by atoms with van der Waals surface area (Å²) in [6.45, 7) is 3.63. The average Bonchev–Trinajstić information content (AvgIpc) is 2.80. The van der Waals surface area contributed by atoms with Crippen molar-refractivity contribution in [2.45, 2.75) is 24.5 Å². The molecule has 1 amide bonds. The second kappa shape index (κ2) is 9.34. The van der Waals surface area contributed by atoms with Gasteiger partial charge >= 0.3 is 0 Å². The summed E-state index contributed by atoms with van der Waals surface area (Å²) in [5.74, 6) is 0.150. The molecule has 2 heterocycles. The van der Waals surface area contributed by atoms with Crippen molar-refractivity contribution in [3.63, 3.8) is 0 Å². The van der Waals surface area contributed by atoms with E-state index in [-0.39, 0.29) is 11.7 Å². The van der Waals surface area contributed by atoms with Crippen LogP contribution < -0.4 is 20.3 Å². The highest BCUT2D eigenvalue weighted by Crippen LogP contribution is 2.29. The minimum absolute atomic E-state index is 0.256. The van der Waals surface area contributed by atoms with Crippen LogP contribution in [-0.4, -0.2) is 73.9 Å². The number of piperazine rings is 1. The van der Waals surface area contributed by atoms with Gasteiger partial charge in [-0.2, -0.15) is 0 Å². The summed E-state index contributed by atoms with van der Waals surface area (Å²) < 4.78 is 18.4. The van der Waals surface area contributed by atoms with Gasteiger partial charge in [-0.15, -0.1) is 0 Å². The van der Waals surface area contributed by atoms with Crippen molar-refractivity contribution in [3.8, 4) is 5.75 Å². The summed E-state index contributed by atoms with van der Waals surface area (Å²) in [5.41, 5.74) is 6.84. The maximum Gasteiger partial charge on any atom is 0.236 e. The van der Waals surface area contributed by atoms with E-state index in [9.17, 15) is 14.3 Å². The molecule has 2 aromatic carbocycles. The number of methoxy groups -OCH3 is 1. The van der Waals surface area contributed by atoms with E-state index in [1.807, 2.05) is 29.2 Å². The van der Waals surface area contributed by atoms with E-state index in [2.05, 4.69) is 9.80 Å². The number of amides is 1. The van der Waals surface area contributed by atoms with E-state index in [1.54, 1.807) is 19.2 Å². The number of carbonyl (C=O) groups excluding carboxylic acids is 1. The third-order valence-electron chi connectivity index (χ3n) is 6.64. The number of anilines is 2. The van der Waals surface area contributed by atoms with Crippen LogP contribution in [0.5, 0.6) is 5.75 Å². The van der Waals surface area contributed by atoms with Gasteiger partial charge in [0.1, 0.15) is 17.6 Å². The van der Waals surface area contributed by atoms with E-state index in [4.69, 9.17) is 10.5 Å². The molecule has 7 nitrogen and oxygen atoms in total. The Balaban J connectivity index is 1.37. The molecule has 2 fully saturated rings. The number of carbonyl (C=O) groups is 1. The zero-order chi connectivity index (χ0) is 22.7. The standard InChI is InChI=1S/C24H31FN4O3/c1-32-21-8-6-20(7-9-21)28-14-15-29(22(16-28)23(26)30)17-24(31)10-12-27(13-11-24)19-4-2-18(25)3-5-19/h2-9,22,31H,10-17H2,1H3,(H2,26,30)/t22-/m0/s1. The molecule has 32 heavy (non-hydrogen) atoms. The van der Waals surface area contributed by atoms with Crippen molar-refractivity contribution in [3.05, 3.63) is 54.3 Å². The van der Waals surface area contributed by atoms with Gasteiger partial charge in [-0.1, -0.05) is 0 Å². The van der Waals surface area contributed by atoms with Gasteiger partial charge in [0.25, 0.3) is 0 Å². The predicted octanol–water partition coefficient (Wildman–Crippen LogP) is 1.84. The SMILES string of the molecule is COc1ccc(N2CCN(CC3(O)CCN(c4ccc(F)cc4)CC3)[C@H](C(N)=O)C2)cc1. The zero-order valence-corrected chi connectivity index (χ0v) is 18.4. The quantitative estimate of drug-likeness (QED) is 0.711. The van der Waals surface area contributed by atoms with Crippen molar-refractivity contribution < 1.29 is 19.0 Å². The minimum Gasteiger partial charge on any atom is -0.497 e. The molecule has 3 N–H and O–H groups in total. The zero-order valence-electron chi connectivity index (χ0n) is 18.4. The summed E-state index contributed by atoms with van der Waals surface area (Å²) >= 11 is 0. The Bertz CT molecular complexity index is 914. The number of nitrogens with zero attached hydrogens (tertiary/aromatic N) is 3. The lowest BCUT2D eigenvalue weighted by Crippen LogP contribution is -2.62. The van der Waals surface area contributed by atoms with E-state index < -0.39 is 11.6 Å². The van der Waals surface area contributed by atoms with Gasteiger partial charge < -0.3 is 25.4 Å². The van der Waals surface area contributed by atoms with Crippen molar-refractivity contribution >= 4 is 17.3 Å². The molecule has 0 aromatic heterocycles. The Labute approximate surface area is 188 Å². The molecule has 8 heteroatoms. The highest BCUT2D eigenvalue weighted by Gasteiger charge is 2.39. The summed E-state index contributed by atoms with van der Waals surface area (Å²) in [7, 11) is 1.63. The third-order valence-corrected chi connectivity index (χ3v) is 6.64. The van der Waals surface area contributed by atoms with Crippen molar-refractivity contribution in [2.75, 3.05) is 56.2 Å². The van der Waals surface area contributed by atoms with Crippen LogP contribution in [0.1, 0.15) is 12.8 Å². The van der Waals surface area contributed by atoms with Gasteiger partial charge in [-0.25, -0.2) is 4.39 Å². The number of hydrogen-bond acceptors (Lipinski definition) is 6. The Morgan fingerprint density at radius 3 is 2.22 bits per heavy atom. The van der Waals surface area contributed by atoms with Crippen LogP contribution in [0.2, 0.25) is 0 Å². The van der Waals surface area contributed by atoms with Crippen LogP contribution in [0.25, 0.3) is 0 Å². The van der Waals surface area contributed by atoms with Crippen LogP contribution in [-0.2, 0) is 4.79 Å². The molecular weight excluding hydrogens is 411 g/mol. The maximum absolute atomic E-state index is 13.2. The van der Waals surface area contributed by atoms with Gasteiger partial charge in [0.05, 0.1) is 12.7 Å². The number of piperidine rings is 1. The van der Waals surface area contributed by atoms with E-state index >= 15 is 0 Å². The number of rotatable bonds is 6. The lowest BCUT2D eigenvalue weighted by atomic mass is 9.89. The molecule has 2 aliphatic heterocycles. The Morgan fingerprint density at radius 1 is 1.03 bits per heavy atom. The van der Waals surface area contributed by atoms with Gasteiger partial charge in [-0.3, -0.25) is 9.69 Å². The molecule has 0 unspecified atom stereocenters. The smallest absolute Gasteiger partial charge is 0.236 e. The van der Waals surface area contributed by atoms with E-state index in [0.29, 0.717) is 45.6 Å². The largest absolute Gasteiger partial charge is 0.497 e. The van der Waals surface area contributed by atoms with Crippen molar-refractivity contribution in [1.82, 2.24) is 4.90 Å². The third kappa shape index (κ3) is 4.97. The average molecular weight is 443 g/mol. The highest BCUT2D eigenvalue weighted by molar-refractivity contribution is 5.81. The Kier molecular flexibility index (Phi) is 6.53. The van der Waals surface area contributed by atoms with Crippen LogP contribution in [0, 0.1) is 5.82 Å². The molecule has 0 bridgehead atoms. The number of aliphatic hydroxyl groups is 1. The maximum atomic E-state index is 13.2. The number of β-amino-alcohol motifs (C(OH)–C–C–N with tert-alkyl or cyclic N) is 1. The lowest BCUT2D eigenvalue weighted by molar-refractivity contribution is -0.125. The molecule has 0 saturated carbocycles. The molecule has 0 radical (unpaired) electrons. The van der Waals surface area contributed by atoms with Crippen LogP contribution in [0.4, 0.5) is 15.8 Å². The number of benzene rings is 2. The van der Waals surface area contributed by atoms with E-state index in [1.165, 1.54) is 12.1 Å². The summed E-state index contributed by atoms with van der Waals surface area (Å²) in [6, 6.07) is 13.7. The van der Waals surface area contributed by atoms with Crippen LogP contribution >= 0.6 is 0 Å². The lowest BCUT2D eigenvalue weighted by Gasteiger charge is -2.46. The monoisotopic (exact) mass is 442 g/mol. The summed E-state index contributed by atoms with van der Waals surface area (Å²) in [5, 5.41) is 11.3. The molecule has 0 aliphatic carbocycles. The van der Waals surface area contributed by atoms with Crippen LogP contribution in [0.3, 0.4) is 0 Å². The molecular formula is C24H31FN4O3. The molecule has 0 spiro atoms. The molecule has 2 aromatic rings. The molecule has 1 atom stereocenters. The van der Waals surface area contributed by atoms with Gasteiger partial charge in [0, 0.05) is 50.6 Å². The number of hydrogen-bond donors (Lipinski definition) is 2. The fourth-order valence-electron chi connectivity index (χ4n) is 4.68. The molecule has 172 valence electrons. The Morgan fingerprint density at radius 2 is 1.62 bits per heavy atom. The second-order valence-corrected chi connectivity index (χ2v) is 8.72. The first-order valence-corrected chi connectivity index (χ1v) is 11.0. The van der Waals surface area contributed by atoms with Crippen LogP contribution in [0.15, 0.2) is 48.5 Å².